The van der Waals surface area contributed by atoms with Crippen molar-refractivity contribution in [1.29, 1.82) is 0 Å². The Morgan fingerprint density at radius 3 is 2.47 bits per heavy atom. The SMILES string of the molecule is CC(C)c1ccccc1OCC(=O)NOC(C)(C)C. The van der Waals surface area contributed by atoms with Gasteiger partial charge in [-0.1, -0.05) is 32.0 Å². The average molecular weight is 265 g/mol. The van der Waals surface area contributed by atoms with Gasteiger partial charge in [-0.3, -0.25) is 9.63 Å². The molecule has 1 N–H and O–H groups in total. The van der Waals surface area contributed by atoms with E-state index >= 15 is 0 Å². The van der Waals surface area contributed by atoms with Crippen LogP contribution >= 0.6 is 0 Å². The monoisotopic (exact) mass is 265 g/mol. The molecule has 1 aromatic rings. The van der Waals surface area contributed by atoms with Crippen LogP contribution in [0.1, 0.15) is 46.1 Å². The van der Waals surface area contributed by atoms with Crippen molar-refractivity contribution in [2.24, 2.45) is 0 Å². The largest absolute Gasteiger partial charge is 0.483 e. The lowest BCUT2D eigenvalue weighted by Crippen LogP contribution is -2.36. The van der Waals surface area contributed by atoms with Crippen LogP contribution in [0.5, 0.6) is 5.75 Å². The number of benzene rings is 1. The highest BCUT2D eigenvalue weighted by molar-refractivity contribution is 5.76. The lowest BCUT2D eigenvalue weighted by molar-refractivity contribution is -0.147. The van der Waals surface area contributed by atoms with Crippen LogP contribution in [0.2, 0.25) is 0 Å². The molecule has 0 fully saturated rings. The van der Waals surface area contributed by atoms with Crippen molar-refractivity contribution in [1.82, 2.24) is 5.48 Å². The van der Waals surface area contributed by atoms with Crippen molar-refractivity contribution in [3.8, 4) is 5.75 Å². The number of ether oxygens (including phenoxy) is 1. The molecule has 4 heteroatoms. The molecule has 0 atom stereocenters. The fraction of sp³-hybridized carbons (Fsp3) is 0.533. The van der Waals surface area contributed by atoms with Gasteiger partial charge in [0.1, 0.15) is 5.75 Å². The highest BCUT2D eigenvalue weighted by Crippen LogP contribution is 2.25. The van der Waals surface area contributed by atoms with Gasteiger partial charge in [-0.15, -0.1) is 0 Å². The molecule has 106 valence electrons. The van der Waals surface area contributed by atoms with E-state index in [2.05, 4.69) is 19.3 Å². The summed E-state index contributed by atoms with van der Waals surface area (Å²) in [5, 5.41) is 0. The summed E-state index contributed by atoms with van der Waals surface area (Å²) < 4.78 is 5.53. The molecule has 0 unspecified atom stereocenters. The number of rotatable bonds is 5. The first-order valence-corrected chi connectivity index (χ1v) is 6.48. The van der Waals surface area contributed by atoms with Crippen molar-refractivity contribution < 1.29 is 14.4 Å². The Bertz CT molecular complexity index is 422. The van der Waals surface area contributed by atoms with Crippen molar-refractivity contribution in [3.63, 3.8) is 0 Å². The molecule has 19 heavy (non-hydrogen) atoms. The summed E-state index contributed by atoms with van der Waals surface area (Å²) in [5.74, 6) is 0.793. The molecular weight excluding hydrogens is 242 g/mol. The summed E-state index contributed by atoms with van der Waals surface area (Å²) in [6.07, 6.45) is 0. The fourth-order valence-electron chi connectivity index (χ4n) is 1.47. The molecule has 1 rings (SSSR count). The molecule has 0 saturated heterocycles. The minimum Gasteiger partial charge on any atom is -0.483 e. The Balaban J connectivity index is 2.51. The van der Waals surface area contributed by atoms with Crippen molar-refractivity contribution >= 4 is 5.91 Å². The highest BCUT2D eigenvalue weighted by atomic mass is 16.7. The summed E-state index contributed by atoms with van der Waals surface area (Å²) in [5.41, 5.74) is 3.06. The third kappa shape index (κ3) is 5.75. The molecule has 0 aliphatic carbocycles. The van der Waals surface area contributed by atoms with E-state index in [1.807, 2.05) is 45.0 Å². The van der Waals surface area contributed by atoms with Crippen LogP contribution in [0.15, 0.2) is 24.3 Å². The van der Waals surface area contributed by atoms with Gasteiger partial charge in [0.25, 0.3) is 5.91 Å². The first-order valence-electron chi connectivity index (χ1n) is 6.48. The Kier molecular flexibility index (Phi) is 5.36. The van der Waals surface area contributed by atoms with Gasteiger partial charge in [-0.25, -0.2) is 5.48 Å². The van der Waals surface area contributed by atoms with E-state index in [4.69, 9.17) is 9.57 Å². The van der Waals surface area contributed by atoms with Crippen LogP contribution in [-0.2, 0) is 9.63 Å². The minimum absolute atomic E-state index is 0.0557. The molecule has 0 spiro atoms. The second-order valence-corrected chi connectivity index (χ2v) is 5.72. The number of nitrogens with one attached hydrogen (secondary N) is 1. The fourth-order valence-corrected chi connectivity index (χ4v) is 1.47. The Labute approximate surface area is 115 Å². The van der Waals surface area contributed by atoms with Gasteiger partial charge >= 0.3 is 0 Å². The Morgan fingerprint density at radius 2 is 1.89 bits per heavy atom. The first-order chi connectivity index (χ1) is 8.79. The minimum atomic E-state index is -0.411. The van der Waals surface area contributed by atoms with E-state index in [0.29, 0.717) is 5.92 Å². The van der Waals surface area contributed by atoms with Crippen molar-refractivity contribution in [2.45, 2.75) is 46.1 Å². The number of hydrogen-bond donors (Lipinski definition) is 1. The quantitative estimate of drug-likeness (QED) is 0.832. The lowest BCUT2D eigenvalue weighted by atomic mass is 10.0. The normalized spacial score (nSPS) is 11.5. The van der Waals surface area contributed by atoms with Gasteiger partial charge in [0.2, 0.25) is 0 Å². The summed E-state index contributed by atoms with van der Waals surface area (Å²) >= 11 is 0. The Hall–Kier alpha value is -1.55. The van der Waals surface area contributed by atoms with Crippen LogP contribution in [-0.4, -0.2) is 18.1 Å². The second kappa shape index (κ2) is 6.57. The smallest absolute Gasteiger partial charge is 0.281 e. The van der Waals surface area contributed by atoms with Crippen LogP contribution in [0.25, 0.3) is 0 Å². The van der Waals surface area contributed by atoms with Crippen LogP contribution in [0.3, 0.4) is 0 Å². The number of hydroxylamine groups is 1. The standard InChI is InChI=1S/C15H23NO3/c1-11(2)12-8-6-7-9-13(12)18-10-14(17)16-19-15(3,4)5/h6-9,11H,10H2,1-5H3,(H,16,17). The van der Waals surface area contributed by atoms with Crippen molar-refractivity contribution in [2.75, 3.05) is 6.61 Å². The summed E-state index contributed by atoms with van der Waals surface area (Å²) in [6, 6.07) is 7.73. The van der Waals surface area contributed by atoms with Gasteiger partial charge in [0.15, 0.2) is 6.61 Å². The zero-order chi connectivity index (χ0) is 14.5. The molecular formula is C15H23NO3. The molecule has 0 heterocycles. The van der Waals surface area contributed by atoms with E-state index in [-0.39, 0.29) is 12.5 Å². The number of carbonyl (C=O) groups is 1. The van der Waals surface area contributed by atoms with Gasteiger partial charge in [-0.2, -0.15) is 0 Å². The molecule has 0 aromatic heterocycles. The third-order valence-electron chi connectivity index (χ3n) is 2.37. The van der Waals surface area contributed by atoms with Gasteiger partial charge in [-0.05, 0) is 38.3 Å². The van der Waals surface area contributed by atoms with E-state index in [9.17, 15) is 4.79 Å². The molecule has 0 saturated carbocycles. The maximum Gasteiger partial charge on any atom is 0.281 e. The van der Waals surface area contributed by atoms with E-state index < -0.39 is 5.60 Å². The average Bonchev–Trinajstić information content (AvgIpc) is 2.33. The summed E-state index contributed by atoms with van der Waals surface area (Å²) in [4.78, 5) is 16.8. The first kappa shape index (κ1) is 15.5. The summed E-state index contributed by atoms with van der Waals surface area (Å²) in [7, 11) is 0. The number of amides is 1. The molecule has 1 aromatic carbocycles. The number of para-hydroxylation sites is 1. The van der Waals surface area contributed by atoms with E-state index in [1.165, 1.54) is 0 Å². The van der Waals surface area contributed by atoms with Crippen LogP contribution < -0.4 is 10.2 Å². The van der Waals surface area contributed by atoms with Crippen LogP contribution in [0, 0.1) is 0 Å². The predicted molar refractivity (Wildman–Crippen MR) is 75.0 cm³/mol. The second-order valence-electron chi connectivity index (χ2n) is 5.72. The van der Waals surface area contributed by atoms with Gasteiger partial charge in [0.05, 0.1) is 5.60 Å². The molecule has 4 nitrogen and oxygen atoms in total. The molecule has 0 aliphatic rings. The van der Waals surface area contributed by atoms with Gasteiger partial charge in [0, 0.05) is 0 Å². The highest BCUT2D eigenvalue weighted by Gasteiger charge is 2.14. The number of hydrogen-bond acceptors (Lipinski definition) is 3. The maximum atomic E-state index is 11.6. The molecule has 0 aliphatic heterocycles. The zero-order valence-electron chi connectivity index (χ0n) is 12.3. The van der Waals surface area contributed by atoms with E-state index in [0.717, 1.165) is 11.3 Å². The maximum absolute atomic E-state index is 11.6. The van der Waals surface area contributed by atoms with Crippen molar-refractivity contribution in [3.05, 3.63) is 29.8 Å². The predicted octanol–water partition coefficient (Wildman–Crippen LogP) is 3.04. The zero-order valence-corrected chi connectivity index (χ0v) is 12.3. The topological polar surface area (TPSA) is 47.6 Å². The number of carbonyl (C=O) groups excluding carboxylic acids is 1. The molecule has 1 amide bonds. The molecule has 0 radical (unpaired) electrons. The summed E-state index contributed by atoms with van der Waals surface area (Å²) in [6.45, 7) is 9.71. The van der Waals surface area contributed by atoms with Gasteiger partial charge < -0.3 is 4.74 Å². The van der Waals surface area contributed by atoms with Crippen LogP contribution in [0.4, 0.5) is 0 Å². The Morgan fingerprint density at radius 1 is 1.26 bits per heavy atom. The third-order valence-corrected chi connectivity index (χ3v) is 2.37. The molecule has 0 bridgehead atoms. The lowest BCUT2D eigenvalue weighted by Gasteiger charge is -2.19. The van der Waals surface area contributed by atoms with E-state index in [1.54, 1.807) is 0 Å².